The third-order valence-electron chi connectivity index (χ3n) is 6.81. The smallest absolute Gasteiger partial charge is 0.161 e. The summed E-state index contributed by atoms with van der Waals surface area (Å²) >= 11 is 0. The molecule has 0 saturated heterocycles. The van der Waals surface area contributed by atoms with Gasteiger partial charge in [-0.3, -0.25) is 9.79 Å². The van der Waals surface area contributed by atoms with Gasteiger partial charge in [-0.2, -0.15) is 0 Å². The van der Waals surface area contributed by atoms with Gasteiger partial charge in [0, 0.05) is 36.8 Å². The van der Waals surface area contributed by atoms with Crippen LogP contribution in [0, 0.1) is 5.92 Å². The van der Waals surface area contributed by atoms with Gasteiger partial charge in [-0.15, -0.1) is 0 Å². The molecule has 2 atom stereocenters. The molecular formula is C29H37NO2. The van der Waals surface area contributed by atoms with Gasteiger partial charge in [0.2, 0.25) is 0 Å². The van der Waals surface area contributed by atoms with Crippen molar-refractivity contribution in [3.63, 3.8) is 0 Å². The highest BCUT2D eigenvalue weighted by molar-refractivity contribution is 5.98. The van der Waals surface area contributed by atoms with Crippen molar-refractivity contribution in [3.05, 3.63) is 84.1 Å². The number of benzene rings is 2. The number of ether oxygens (including phenoxy) is 1. The summed E-state index contributed by atoms with van der Waals surface area (Å²) in [7, 11) is 1.60. The standard InChI is InChI=1S/C20H25NO2.C9H12/c1-23-15-18(22)16-7-5-12-20(13-11-16,19-10-6-14-21-19)17-8-3-2-4-9-17;1-8(2)9-6-4-3-5-7-9/h2-4,6,8-9,14,16H,5,7,10-13,15H2,1H3;3-8H,1-2H3. The molecule has 2 aromatic rings. The van der Waals surface area contributed by atoms with Crippen LogP contribution in [-0.2, 0) is 14.9 Å². The maximum Gasteiger partial charge on any atom is 0.161 e. The van der Waals surface area contributed by atoms with Crippen molar-refractivity contribution in [2.45, 2.75) is 63.7 Å². The molecule has 0 bridgehead atoms. The Hall–Kier alpha value is -2.52. The van der Waals surface area contributed by atoms with E-state index < -0.39 is 0 Å². The summed E-state index contributed by atoms with van der Waals surface area (Å²) in [6.45, 7) is 4.65. The van der Waals surface area contributed by atoms with Crippen LogP contribution in [0.2, 0.25) is 0 Å². The van der Waals surface area contributed by atoms with Crippen LogP contribution in [0.3, 0.4) is 0 Å². The quantitative estimate of drug-likeness (QED) is 0.467. The van der Waals surface area contributed by atoms with Crippen LogP contribution in [0.15, 0.2) is 77.9 Å². The van der Waals surface area contributed by atoms with Crippen LogP contribution in [-0.4, -0.2) is 25.2 Å². The third-order valence-corrected chi connectivity index (χ3v) is 6.81. The van der Waals surface area contributed by atoms with Crippen LogP contribution in [0.4, 0.5) is 0 Å². The molecule has 2 unspecified atom stereocenters. The molecule has 32 heavy (non-hydrogen) atoms. The highest BCUT2D eigenvalue weighted by Crippen LogP contribution is 2.43. The molecule has 1 aliphatic carbocycles. The molecule has 1 aliphatic heterocycles. The Kier molecular flexibility index (Phi) is 8.99. The number of nitrogens with zero attached hydrogens (tertiary/aromatic N) is 1. The number of ketones is 1. The minimum absolute atomic E-state index is 0.00708. The molecule has 0 aromatic heterocycles. The number of rotatable bonds is 6. The van der Waals surface area contributed by atoms with Crippen molar-refractivity contribution in [3.8, 4) is 0 Å². The highest BCUT2D eigenvalue weighted by atomic mass is 16.5. The van der Waals surface area contributed by atoms with E-state index in [9.17, 15) is 4.79 Å². The number of hydrogen-bond donors (Lipinski definition) is 0. The first-order chi connectivity index (χ1) is 15.6. The van der Waals surface area contributed by atoms with E-state index in [1.165, 1.54) is 16.8 Å². The molecule has 4 rings (SSSR count). The van der Waals surface area contributed by atoms with Gasteiger partial charge in [0.25, 0.3) is 0 Å². The van der Waals surface area contributed by atoms with Gasteiger partial charge >= 0.3 is 0 Å². The van der Waals surface area contributed by atoms with E-state index in [-0.39, 0.29) is 23.7 Å². The zero-order valence-corrected chi connectivity index (χ0v) is 19.8. The second-order valence-corrected chi connectivity index (χ2v) is 9.21. The Bertz CT molecular complexity index is 901. The van der Waals surface area contributed by atoms with E-state index in [2.05, 4.69) is 79.5 Å². The second-order valence-electron chi connectivity index (χ2n) is 9.21. The minimum atomic E-state index is -0.00708. The monoisotopic (exact) mass is 431 g/mol. The zero-order chi connectivity index (χ0) is 22.8. The fourth-order valence-electron chi connectivity index (χ4n) is 4.94. The summed E-state index contributed by atoms with van der Waals surface area (Å²) < 4.78 is 5.05. The largest absolute Gasteiger partial charge is 0.377 e. The van der Waals surface area contributed by atoms with E-state index in [1.807, 2.05) is 12.3 Å². The van der Waals surface area contributed by atoms with E-state index in [4.69, 9.17) is 4.74 Å². The molecule has 0 spiro atoms. The first-order valence-corrected chi connectivity index (χ1v) is 11.9. The molecule has 1 heterocycles. The summed E-state index contributed by atoms with van der Waals surface area (Å²) in [6, 6.07) is 21.2. The average Bonchev–Trinajstić information content (AvgIpc) is 3.28. The second kappa shape index (κ2) is 11.9. The zero-order valence-electron chi connectivity index (χ0n) is 19.8. The fraction of sp³-hybridized carbons (Fsp3) is 0.448. The molecule has 3 nitrogen and oxygen atoms in total. The van der Waals surface area contributed by atoms with Gasteiger partial charge in [0.15, 0.2) is 5.78 Å². The Morgan fingerprint density at radius 3 is 2.28 bits per heavy atom. The van der Waals surface area contributed by atoms with Crippen LogP contribution >= 0.6 is 0 Å². The normalized spacial score (nSPS) is 22.6. The predicted molar refractivity (Wildman–Crippen MR) is 133 cm³/mol. The lowest BCUT2D eigenvalue weighted by atomic mass is 9.69. The minimum Gasteiger partial charge on any atom is -0.377 e. The summed E-state index contributed by atoms with van der Waals surface area (Å²) in [5.41, 5.74) is 4.02. The van der Waals surface area contributed by atoms with Crippen molar-refractivity contribution in [1.29, 1.82) is 0 Å². The van der Waals surface area contributed by atoms with Crippen LogP contribution < -0.4 is 0 Å². The van der Waals surface area contributed by atoms with Gasteiger partial charge in [-0.05, 0) is 42.7 Å². The first kappa shape index (κ1) is 24.1. The molecule has 3 heteroatoms. The van der Waals surface area contributed by atoms with E-state index in [1.54, 1.807) is 7.11 Å². The topological polar surface area (TPSA) is 38.7 Å². The van der Waals surface area contributed by atoms with Gasteiger partial charge in [0.1, 0.15) is 6.61 Å². The molecule has 2 aliphatic rings. The number of carbonyl (C=O) groups is 1. The van der Waals surface area contributed by atoms with Gasteiger partial charge < -0.3 is 4.74 Å². The van der Waals surface area contributed by atoms with Crippen molar-refractivity contribution >= 4 is 11.5 Å². The molecule has 170 valence electrons. The predicted octanol–water partition coefficient (Wildman–Crippen LogP) is 6.89. The number of aliphatic imine (C=N–C) groups is 1. The van der Waals surface area contributed by atoms with Crippen LogP contribution in [0.1, 0.15) is 69.4 Å². The first-order valence-electron chi connectivity index (χ1n) is 11.9. The Morgan fingerprint density at radius 2 is 1.72 bits per heavy atom. The van der Waals surface area contributed by atoms with E-state index >= 15 is 0 Å². The number of methoxy groups -OCH3 is 1. The summed E-state index contributed by atoms with van der Waals surface area (Å²) in [5.74, 6) is 1.05. The summed E-state index contributed by atoms with van der Waals surface area (Å²) in [6.07, 6.45) is 10.0. The van der Waals surface area contributed by atoms with Gasteiger partial charge in [-0.1, -0.05) is 87.0 Å². The van der Waals surface area contributed by atoms with Crippen molar-refractivity contribution in [2.24, 2.45) is 10.9 Å². The van der Waals surface area contributed by atoms with Crippen molar-refractivity contribution < 1.29 is 9.53 Å². The Balaban J connectivity index is 0.000000269. The molecule has 2 aromatic carbocycles. The average molecular weight is 432 g/mol. The third kappa shape index (κ3) is 6.04. The van der Waals surface area contributed by atoms with Crippen molar-refractivity contribution in [1.82, 2.24) is 0 Å². The van der Waals surface area contributed by atoms with E-state index in [0.717, 1.165) is 38.5 Å². The van der Waals surface area contributed by atoms with Crippen molar-refractivity contribution in [2.75, 3.05) is 13.7 Å². The fourth-order valence-corrected chi connectivity index (χ4v) is 4.94. The Morgan fingerprint density at radius 1 is 1.03 bits per heavy atom. The summed E-state index contributed by atoms with van der Waals surface area (Å²) in [5, 5.41) is 0. The SMILES string of the molecule is CC(C)c1ccccc1.COCC(=O)C1CCCC(C2=NC=CC2)(c2ccccc2)CC1. The number of allylic oxidation sites excluding steroid dienone is 1. The molecule has 1 saturated carbocycles. The van der Waals surface area contributed by atoms with Gasteiger partial charge in [0.05, 0.1) is 0 Å². The molecule has 0 N–H and O–H groups in total. The lowest BCUT2D eigenvalue weighted by Gasteiger charge is -2.34. The maximum atomic E-state index is 12.3. The van der Waals surface area contributed by atoms with E-state index in [0.29, 0.717) is 5.92 Å². The molecule has 0 amide bonds. The number of hydrogen-bond acceptors (Lipinski definition) is 3. The lowest BCUT2D eigenvalue weighted by molar-refractivity contribution is -0.126. The molecule has 1 fully saturated rings. The summed E-state index contributed by atoms with van der Waals surface area (Å²) in [4.78, 5) is 16.9. The van der Waals surface area contributed by atoms with Crippen LogP contribution in [0.25, 0.3) is 0 Å². The molecule has 0 radical (unpaired) electrons. The van der Waals surface area contributed by atoms with Gasteiger partial charge in [-0.25, -0.2) is 0 Å². The number of carbonyl (C=O) groups excluding carboxylic acids is 1. The maximum absolute atomic E-state index is 12.3. The Labute approximate surface area is 193 Å². The highest BCUT2D eigenvalue weighted by Gasteiger charge is 2.40. The molecular weight excluding hydrogens is 394 g/mol. The number of Topliss-reactive ketones (excluding diaryl/α,β-unsaturated/α-hetero) is 1. The lowest BCUT2D eigenvalue weighted by Crippen LogP contribution is -2.35. The van der Waals surface area contributed by atoms with Crippen LogP contribution in [0.5, 0.6) is 0 Å².